The van der Waals surface area contributed by atoms with Crippen LogP contribution in [0.25, 0.3) is 0 Å². The molecule has 0 aliphatic rings. The second-order valence-corrected chi connectivity index (χ2v) is 6.41. The second-order valence-electron chi connectivity index (χ2n) is 6.41. The van der Waals surface area contributed by atoms with E-state index in [0.717, 1.165) is 5.56 Å². The van der Waals surface area contributed by atoms with Gasteiger partial charge >= 0.3 is 0 Å². The van der Waals surface area contributed by atoms with Crippen molar-refractivity contribution in [1.82, 2.24) is 5.32 Å². The van der Waals surface area contributed by atoms with Crippen LogP contribution in [0.1, 0.15) is 39.7 Å². The number of carbonyl (C=O) groups is 3. The molecule has 0 aliphatic carbocycles. The Morgan fingerprint density at radius 3 is 2.26 bits per heavy atom. The van der Waals surface area contributed by atoms with Gasteiger partial charge in [-0.3, -0.25) is 14.4 Å². The van der Waals surface area contributed by atoms with E-state index >= 15 is 0 Å². The highest BCUT2D eigenvalue weighted by Crippen LogP contribution is 2.20. The predicted molar refractivity (Wildman–Crippen MR) is 91.2 cm³/mol. The zero-order valence-corrected chi connectivity index (χ0v) is 14.4. The van der Waals surface area contributed by atoms with E-state index in [9.17, 15) is 14.4 Å². The Hall–Kier alpha value is -2.37. The first-order valence-corrected chi connectivity index (χ1v) is 7.62. The molecule has 0 unspecified atom stereocenters. The molecular formula is C17H25N3O3. The molecule has 0 aromatic heterocycles. The Morgan fingerprint density at radius 2 is 1.70 bits per heavy atom. The number of anilines is 2. The van der Waals surface area contributed by atoms with Crippen molar-refractivity contribution in [2.24, 2.45) is 5.41 Å². The van der Waals surface area contributed by atoms with Crippen LogP contribution in [0, 0.1) is 12.3 Å². The van der Waals surface area contributed by atoms with Crippen LogP contribution >= 0.6 is 0 Å². The zero-order chi connectivity index (χ0) is 17.6. The SMILES string of the molecule is CCC(=O)Nc1ccc(C)c(NC(=O)CNC(=O)C(C)(C)C)c1. The fourth-order valence-corrected chi connectivity index (χ4v) is 1.70. The molecule has 1 aromatic carbocycles. The molecule has 6 nitrogen and oxygen atoms in total. The van der Waals surface area contributed by atoms with Crippen molar-refractivity contribution in [3.05, 3.63) is 23.8 Å². The summed E-state index contributed by atoms with van der Waals surface area (Å²) in [5.74, 6) is -0.596. The molecule has 126 valence electrons. The maximum absolute atomic E-state index is 12.0. The van der Waals surface area contributed by atoms with Crippen LogP contribution < -0.4 is 16.0 Å². The van der Waals surface area contributed by atoms with Gasteiger partial charge in [0.1, 0.15) is 0 Å². The molecule has 0 atom stereocenters. The van der Waals surface area contributed by atoms with Crippen molar-refractivity contribution in [1.29, 1.82) is 0 Å². The molecule has 23 heavy (non-hydrogen) atoms. The van der Waals surface area contributed by atoms with E-state index in [2.05, 4.69) is 16.0 Å². The van der Waals surface area contributed by atoms with Crippen LogP contribution in [0.2, 0.25) is 0 Å². The first-order chi connectivity index (χ1) is 10.6. The lowest BCUT2D eigenvalue weighted by molar-refractivity contribution is -0.130. The summed E-state index contributed by atoms with van der Waals surface area (Å²) in [6.45, 7) is 8.87. The van der Waals surface area contributed by atoms with Crippen LogP contribution in [-0.4, -0.2) is 24.3 Å². The van der Waals surface area contributed by atoms with Crippen LogP contribution in [0.15, 0.2) is 18.2 Å². The molecule has 3 amide bonds. The highest BCUT2D eigenvalue weighted by Gasteiger charge is 2.21. The van der Waals surface area contributed by atoms with Gasteiger partial charge in [-0.05, 0) is 24.6 Å². The van der Waals surface area contributed by atoms with Gasteiger partial charge in [-0.15, -0.1) is 0 Å². The van der Waals surface area contributed by atoms with Gasteiger partial charge in [0, 0.05) is 23.2 Å². The molecule has 0 bridgehead atoms. The first kappa shape index (κ1) is 18.7. The smallest absolute Gasteiger partial charge is 0.243 e. The summed E-state index contributed by atoms with van der Waals surface area (Å²) in [7, 11) is 0. The summed E-state index contributed by atoms with van der Waals surface area (Å²) in [5, 5.41) is 8.08. The lowest BCUT2D eigenvalue weighted by Crippen LogP contribution is -2.39. The van der Waals surface area contributed by atoms with Gasteiger partial charge in [0.15, 0.2) is 0 Å². The van der Waals surface area contributed by atoms with Gasteiger partial charge in [-0.25, -0.2) is 0 Å². The highest BCUT2D eigenvalue weighted by atomic mass is 16.2. The third kappa shape index (κ3) is 6.10. The summed E-state index contributed by atoms with van der Waals surface area (Å²) in [4.78, 5) is 35.2. The average Bonchev–Trinajstić information content (AvgIpc) is 2.47. The van der Waals surface area contributed by atoms with Crippen molar-refractivity contribution in [2.75, 3.05) is 17.2 Å². The van der Waals surface area contributed by atoms with Crippen molar-refractivity contribution >= 4 is 29.1 Å². The Bertz CT molecular complexity index is 604. The van der Waals surface area contributed by atoms with E-state index in [0.29, 0.717) is 17.8 Å². The molecule has 6 heteroatoms. The van der Waals surface area contributed by atoms with Crippen LogP contribution in [0.5, 0.6) is 0 Å². The van der Waals surface area contributed by atoms with Gasteiger partial charge in [0.05, 0.1) is 6.54 Å². The highest BCUT2D eigenvalue weighted by molar-refractivity contribution is 5.97. The minimum absolute atomic E-state index is 0.0939. The van der Waals surface area contributed by atoms with Gasteiger partial charge in [-0.1, -0.05) is 33.8 Å². The quantitative estimate of drug-likeness (QED) is 0.779. The number of hydrogen-bond donors (Lipinski definition) is 3. The topological polar surface area (TPSA) is 87.3 Å². The number of rotatable bonds is 5. The lowest BCUT2D eigenvalue weighted by atomic mass is 9.96. The Labute approximate surface area is 137 Å². The molecule has 0 radical (unpaired) electrons. The fraction of sp³-hybridized carbons (Fsp3) is 0.471. The first-order valence-electron chi connectivity index (χ1n) is 7.62. The van der Waals surface area contributed by atoms with Crippen LogP contribution in [0.4, 0.5) is 11.4 Å². The largest absolute Gasteiger partial charge is 0.347 e. The summed E-state index contributed by atoms with van der Waals surface area (Å²) < 4.78 is 0. The molecular weight excluding hydrogens is 294 g/mol. The molecule has 1 rings (SSSR count). The minimum Gasteiger partial charge on any atom is -0.347 e. The van der Waals surface area contributed by atoms with Gasteiger partial charge in [0.25, 0.3) is 0 Å². The maximum Gasteiger partial charge on any atom is 0.243 e. The fourth-order valence-electron chi connectivity index (χ4n) is 1.70. The van der Waals surface area contributed by atoms with E-state index in [1.165, 1.54) is 0 Å². The van der Waals surface area contributed by atoms with Gasteiger partial charge < -0.3 is 16.0 Å². The molecule has 0 fully saturated rings. The monoisotopic (exact) mass is 319 g/mol. The molecule has 0 aliphatic heterocycles. The van der Waals surface area contributed by atoms with Crippen molar-refractivity contribution in [3.63, 3.8) is 0 Å². The number of amides is 3. The number of carbonyl (C=O) groups excluding carboxylic acids is 3. The average molecular weight is 319 g/mol. The van der Waals surface area contributed by atoms with E-state index in [1.807, 2.05) is 13.0 Å². The van der Waals surface area contributed by atoms with Crippen molar-refractivity contribution in [3.8, 4) is 0 Å². The number of hydrogen-bond acceptors (Lipinski definition) is 3. The predicted octanol–water partition coefficient (Wildman–Crippen LogP) is 2.44. The second kappa shape index (κ2) is 7.76. The van der Waals surface area contributed by atoms with E-state index in [4.69, 9.17) is 0 Å². The number of benzene rings is 1. The molecule has 0 spiro atoms. The zero-order valence-electron chi connectivity index (χ0n) is 14.4. The van der Waals surface area contributed by atoms with E-state index in [-0.39, 0.29) is 24.3 Å². The van der Waals surface area contributed by atoms with Crippen molar-refractivity contribution < 1.29 is 14.4 Å². The minimum atomic E-state index is -0.541. The Balaban J connectivity index is 2.69. The molecule has 0 saturated heterocycles. The summed E-state index contributed by atoms with van der Waals surface area (Å²) in [6.07, 6.45) is 0.383. The molecule has 0 heterocycles. The number of aryl methyl sites for hydroxylation is 1. The molecule has 0 saturated carbocycles. The standard InChI is InChI=1S/C17H25N3O3/c1-6-14(21)19-12-8-7-11(2)13(9-12)20-15(22)10-18-16(23)17(3,4)5/h7-9H,6,10H2,1-5H3,(H,18,23)(H,19,21)(H,20,22). The third-order valence-corrected chi connectivity index (χ3v) is 3.21. The third-order valence-electron chi connectivity index (χ3n) is 3.21. The van der Waals surface area contributed by atoms with E-state index in [1.54, 1.807) is 39.8 Å². The molecule has 3 N–H and O–H groups in total. The van der Waals surface area contributed by atoms with Crippen molar-refractivity contribution in [2.45, 2.75) is 41.0 Å². The maximum atomic E-state index is 12.0. The Morgan fingerprint density at radius 1 is 1.04 bits per heavy atom. The summed E-state index contributed by atoms with van der Waals surface area (Å²) >= 11 is 0. The molecule has 1 aromatic rings. The van der Waals surface area contributed by atoms with Crippen LogP contribution in [-0.2, 0) is 14.4 Å². The Kier molecular flexibility index (Phi) is 6.30. The lowest BCUT2D eigenvalue weighted by Gasteiger charge is -2.17. The van der Waals surface area contributed by atoms with Gasteiger partial charge in [-0.2, -0.15) is 0 Å². The normalized spacial score (nSPS) is 10.8. The summed E-state index contributed by atoms with van der Waals surface area (Å²) in [5.41, 5.74) is 1.56. The van der Waals surface area contributed by atoms with Gasteiger partial charge in [0.2, 0.25) is 17.7 Å². The van der Waals surface area contributed by atoms with E-state index < -0.39 is 5.41 Å². The summed E-state index contributed by atoms with van der Waals surface area (Å²) in [6, 6.07) is 5.29. The number of nitrogens with one attached hydrogen (secondary N) is 3. The van der Waals surface area contributed by atoms with Crippen LogP contribution in [0.3, 0.4) is 0 Å².